The number of thiophene rings is 1. The van der Waals surface area contributed by atoms with Crippen molar-refractivity contribution in [3.8, 4) is 0 Å². The normalized spacial score (nSPS) is 11.1. The number of para-hydroxylation sites is 1. The van der Waals surface area contributed by atoms with Crippen LogP contribution in [0.15, 0.2) is 34.1 Å². The summed E-state index contributed by atoms with van der Waals surface area (Å²) in [6.07, 6.45) is 1.03. The molecule has 0 spiro atoms. The summed E-state index contributed by atoms with van der Waals surface area (Å²) < 4.78 is 2.44. The van der Waals surface area contributed by atoms with E-state index >= 15 is 0 Å². The highest BCUT2D eigenvalue weighted by atomic mass is 79.9. The van der Waals surface area contributed by atoms with Crippen LogP contribution in [-0.4, -0.2) is 11.5 Å². The first-order chi connectivity index (χ1) is 9.22. The average molecular weight is 353 g/mol. The van der Waals surface area contributed by atoms with Crippen molar-refractivity contribution in [3.05, 3.63) is 44.6 Å². The molecule has 1 aromatic carbocycles. The van der Waals surface area contributed by atoms with E-state index in [1.807, 2.05) is 0 Å². The highest BCUT2D eigenvalue weighted by Gasteiger charge is 2.05. The smallest absolute Gasteiger partial charge is 0.183 e. The van der Waals surface area contributed by atoms with Gasteiger partial charge < -0.3 is 5.32 Å². The third kappa shape index (κ3) is 2.99. The van der Waals surface area contributed by atoms with Crippen molar-refractivity contribution >= 4 is 54.0 Å². The van der Waals surface area contributed by atoms with Gasteiger partial charge >= 0.3 is 0 Å². The van der Waals surface area contributed by atoms with Gasteiger partial charge in [0, 0.05) is 11.4 Å². The number of benzene rings is 1. The maximum Gasteiger partial charge on any atom is 0.183 e. The number of aryl methyl sites for hydroxylation is 1. The lowest BCUT2D eigenvalue weighted by molar-refractivity contribution is 1.04. The van der Waals surface area contributed by atoms with Crippen LogP contribution in [0, 0.1) is 6.92 Å². The van der Waals surface area contributed by atoms with Crippen LogP contribution in [0.1, 0.15) is 10.4 Å². The minimum atomic E-state index is 0.922. The molecule has 0 aliphatic heterocycles. The molecule has 2 heterocycles. The second-order valence-corrected chi connectivity index (χ2v) is 7.90. The monoisotopic (exact) mass is 352 g/mol. The van der Waals surface area contributed by atoms with Crippen LogP contribution in [-0.2, 0) is 6.42 Å². The van der Waals surface area contributed by atoms with Crippen LogP contribution in [0.4, 0.5) is 5.13 Å². The second kappa shape index (κ2) is 5.61. The molecule has 0 amide bonds. The number of hydrogen-bond donors (Lipinski definition) is 1. The molecule has 2 nitrogen and oxygen atoms in total. The third-order valence-electron chi connectivity index (χ3n) is 2.90. The van der Waals surface area contributed by atoms with Gasteiger partial charge in [-0.25, -0.2) is 4.98 Å². The average Bonchev–Trinajstić information content (AvgIpc) is 2.97. The first-order valence-corrected chi connectivity index (χ1v) is 8.49. The van der Waals surface area contributed by atoms with Gasteiger partial charge in [0.05, 0.1) is 14.0 Å². The summed E-state index contributed by atoms with van der Waals surface area (Å²) in [4.78, 5) is 6.04. The van der Waals surface area contributed by atoms with Crippen LogP contribution in [0.3, 0.4) is 0 Å². The molecule has 19 heavy (non-hydrogen) atoms. The number of halogens is 1. The summed E-state index contributed by atoms with van der Waals surface area (Å²) in [6, 6.07) is 10.6. The van der Waals surface area contributed by atoms with E-state index in [1.165, 1.54) is 18.9 Å². The van der Waals surface area contributed by atoms with Crippen molar-refractivity contribution in [2.24, 2.45) is 0 Å². The van der Waals surface area contributed by atoms with Gasteiger partial charge in [-0.15, -0.1) is 11.3 Å². The molecule has 0 unspecified atom stereocenters. The van der Waals surface area contributed by atoms with Crippen LogP contribution in [0.2, 0.25) is 0 Å². The number of rotatable bonds is 4. The lowest BCUT2D eigenvalue weighted by atomic mass is 10.2. The standard InChI is InChI=1S/C14H13BrN2S2/c1-9-3-2-4-11-13(9)17-14(19-11)16-8-7-10-5-6-12(15)18-10/h2-6H,7-8H2,1H3,(H,16,17). The third-order valence-corrected chi connectivity index (χ3v) is 5.56. The van der Waals surface area contributed by atoms with Crippen LogP contribution in [0.5, 0.6) is 0 Å². The zero-order chi connectivity index (χ0) is 13.2. The molecular formula is C14H13BrN2S2. The minimum Gasteiger partial charge on any atom is -0.361 e. The maximum atomic E-state index is 4.65. The molecular weight excluding hydrogens is 340 g/mol. The van der Waals surface area contributed by atoms with Crippen LogP contribution in [0.25, 0.3) is 10.2 Å². The first-order valence-electron chi connectivity index (χ1n) is 6.06. The van der Waals surface area contributed by atoms with Gasteiger partial charge in [-0.1, -0.05) is 23.5 Å². The second-order valence-electron chi connectivity index (χ2n) is 4.32. The maximum absolute atomic E-state index is 4.65. The number of fused-ring (bicyclic) bond motifs is 1. The summed E-state index contributed by atoms with van der Waals surface area (Å²) in [5.74, 6) is 0. The molecule has 0 fully saturated rings. The molecule has 2 aromatic heterocycles. The lowest BCUT2D eigenvalue weighted by Gasteiger charge is -1.99. The molecule has 3 aromatic rings. The van der Waals surface area contributed by atoms with Gasteiger partial charge in [0.25, 0.3) is 0 Å². The minimum absolute atomic E-state index is 0.922. The molecule has 98 valence electrons. The van der Waals surface area contributed by atoms with Crippen molar-refractivity contribution in [1.82, 2.24) is 4.98 Å². The Hall–Kier alpha value is -0.910. The molecule has 3 rings (SSSR count). The van der Waals surface area contributed by atoms with Crippen LogP contribution >= 0.6 is 38.6 Å². The first kappa shape index (κ1) is 13.1. The Morgan fingerprint density at radius 2 is 2.11 bits per heavy atom. The van der Waals surface area contributed by atoms with Gasteiger partial charge in [-0.05, 0) is 53.0 Å². The Labute approximate surface area is 128 Å². The van der Waals surface area contributed by atoms with Gasteiger partial charge in [0.15, 0.2) is 5.13 Å². The van der Waals surface area contributed by atoms with E-state index in [9.17, 15) is 0 Å². The summed E-state index contributed by atoms with van der Waals surface area (Å²) in [5, 5.41) is 4.43. The Morgan fingerprint density at radius 1 is 1.21 bits per heavy atom. The van der Waals surface area contributed by atoms with E-state index in [2.05, 4.69) is 63.5 Å². The molecule has 1 N–H and O–H groups in total. The predicted molar refractivity (Wildman–Crippen MR) is 88.6 cm³/mol. The fourth-order valence-electron chi connectivity index (χ4n) is 1.94. The fraction of sp³-hybridized carbons (Fsp3) is 0.214. The fourth-order valence-corrected chi connectivity index (χ4v) is 4.39. The number of hydrogen-bond acceptors (Lipinski definition) is 4. The van der Waals surface area contributed by atoms with E-state index in [-0.39, 0.29) is 0 Å². The van der Waals surface area contributed by atoms with E-state index < -0.39 is 0 Å². The molecule has 0 bridgehead atoms. The van der Waals surface area contributed by atoms with Gasteiger partial charge in [0.1, 0.15) is 0 Å². The molecule has 0 aliphatic rings. The highest BCUT2D eigenvalue weighted by Crippen LogP contribution is 2.28. The molecule has 0 radical (unpaired) electrons. The summed E-state index contributed by atoms with van der Waals surface area (Å²) in [7, 11) is 0. The Balaban J connectivity index is 1.67. The predicted octanol–water partition coefficient (Wildman–Crippen LogP) is 5.08. The number of anilines is 1. The van der Waals surface area contributed by atoms with Crippen molar-refractivity contribution in [3.63, 3.8) is 0 Å². The molecule has 0 aliphatic carbocycles. The Kier molecular flexibility index (Phi) is 3.86. The topological polar surface area (TPSA) is 24.9 Å². The summed E-state index contributed by atoms with van der Waals surface area (Å²) in [5.41, 5.74) is 2.36. The van der Waals surface area contributed by atoms with E-state index in [1.54, 1.807) is 22.7 Å². The largest absolute Gasteiger partial charge is 0.361 e. The van der Waals surface area contributed by atoms with E-state index in [4.69, 9.17) is 0 Å². The van der Waals surface area contributed by atoms with Crippen molar-refractivity contribution in [1.29, 1.82) is 0 Å². The number of thiazole rings is 1. The molecule has 0 saturated heterocycles. The van der Waals surface area contributed by atoms with E-state index in [0.717, 1.165) is 23.6 Å². The summed E-state index contributed by atoms with van der Waals surface area (Å²) in [6.45, 7) is 3.03. The number of nitrogens with zero attached hydrogens (tertiary/aromatic N) is 1. The SMILES string of the molecule is Cc1cccc2sc(NCCc3ccc(Br)s3)nc12. The number of nitrogens with one attached hydrogen (secondary N) is 1. The van der Waals surface area contributed by atoms with Gasteiger partial charge in [-0.3, -0.25) is 0 Å². The van der Waals surface area contributed by atoms with Gasteiger partial charge in [-0.2, -0.15) is 0 Å². The number of aromatic nitrogens is 1. The quantitative estimate of drug-likeness (QED) is 0.707. The summed E-state index contributed by atoms with van der Waals surface area (Å²) >= 11 is 7.00. The van der Waals surface area contributed by atoms with E-state index in [0.29, 0.717) is 0 Å². The lowest BCUT2D eigenvalue weighted by Crippen LogP contribution is -2.03. The molecule has 5 heteroatoms. The Bertz CT molecular complexity index is 702. The van der Waals surface area contributed by atoms with Crippen LogP contribution < -0.4 is 5.32 Å². The van der Waals surface area contributed by atoms with Crippen molar-refractivity contribution in [2.45, 2.75) is 13.3 Å². The van der Waals surface area contributed by atoms with Crippen molar-refractivity contribution in [2.75, 3.05) is 11.9 Å². The van der Waals surface area contributed by atoms with Gasteiger partial charge in [0.2, 0.25) is 0 Å². The zero-order valence-corrected chi connectivity index (χ0v) is 13.7. The molecule has 0 saturated carbocycles. The molecule has 0 atom stereocenters. The Morgan fingerprint density at radius 3 is 2.84 bits per heavy atom. The van der Waals surface area contributed by atoms with Crippen molar-refractivity contribution < 1.29 is 0 Å². The highest BCUT2D eigenvalue weighted by molar-refractivity contribution is 9.11. The zero-order valence-electron chi connectivity index (χ0n) is 10.4.